The molecule has 2 fully saturated rings. The molecule has 4 bridgehead atoms. The number of halogens is 1. The SMILES string of the molecule is O=C1NS(=O)(=O)[C@H]2CCC[C@@H](/C=C/[C@H](O)[C@@H]3CC[C@H]3CN3C[C@@]4(CCCc5cc(Cl)ccc54)COc4ccc1cc43)C2. The molecule has 0 aromatic heterocycles. The smallest absolute Gasteiger partial charge is 0.264 e. The molecule has 2 aromatic carbocycles. The van der Waals surface area contributed by atoms with Crippen molar-refractivity contribution in [1.29, 1.82) is 0 Å². The summed E-state index contributed by atoms with van der Waals surface area (Å²) in [6.45, 7) is 1.94. The van der Waals surface area contributed by atoms with Gasteiger partial charge in [0.05, 0.1) is 23.6 Å². The number of hydrogen-bond donors (Lipinski definition) is 2. The number of benzene rings is 2. The van der Waals surface area contributed by atoms with Gasteiger partial charge in [0.15, 0.2) is 0 Å². The molecule has 2 N–H and O–H groups in total. The number of hydrogen-bond acceptors (Lipinski definition) is 6. The first-order valence-corrected chi connectivity index (χ1v) is 17.4. The summed E-state index contributed by atoms with van der Waals surface area (Å²) in [5.41, 5.74) is 3.39. The monoisotopic (exact) mass is 610 g/mol. The van der Waals surface area contributed by atoms with Crippen LogP contribution in [0.1, 0.15) is 72.9 Å². The maximum absolute atomic E-state index is 13.4. The highest BCUT2D eigenvalue weighted by atomic mass is 35.5. The number of fused-ring (bicyclic) bond motifs is 6. The Morgan fingerprint density at radius 1 is 1.05 bits per heavy atom. The number of anilines is 1. The zero-order valence-corrected chi connectivity index (χ0v) is 25.4. The summed E-state index contributed by atoms with van der Waals surface area (Å²) in [5.74, 6) is 0.608. The van der Waals surface area contributed by atoms with E-state index >= 15 is 0 Å². The largest absolute Gasteiger partial charge is 0.490 e. The van der Waals surface area contributed by atoms with E-state index in [1.807, 2.05) is 24.3 Å². The van der Waals surface area contributed by atoms with Crippen LogP contribution in [0.15, 0.2) is 48.6 Å². The number of allylic oxidation sites excluding steroid dienone is 1. The van der Waals surface area contributed by atoms with Crippen LogP contribution >= 0.6 is 11.6 Å². The van der Waals surface area contributed by atoms with Crippen LogP contribution in [-0.2, 0) is 21.9 Å². The highest BCUT2D eigenvalue weighted by Crippen LogP contribution is 2.47. The Labute approximate surface area is 253 Å². The molecular formula is C33H39ClN2O5S. The van der Waals surface area contributed by atoms with Gasteiger partial charge < -0.3 is 14.7 Å². The minimum absolute atomic E-state index is 0.0740. The number of carbonyl (C=O) groups excluding carboxylic acids is 1. The second-order valence-corrected chi connectivity index (χ2v) is 15.6. The lowest BCUT2D eigenvalue weighted by molar-refractivity contribution is 0.0453. The first kappa shape index (κ1) is 28.2. The van der Waals surface area contributed by atoms with E-state index < -0.39 is 27.3 Å². The quantitative estimate of drug-likeness (QED) is 0.389. The van der Waals surface area contributed by atoms with Crippen molar-refractivity contribution in [1.82, 2.24) is 4.72 Å². The van der Waals surface area contributed by atoms with Crippen molar-refractivity contribution in [3.05, 3.63) is 70.3 Å². The Balaban J connectivity index is 1.30. The molecular weight excluding hydrogens is 572 g/mol. The third-order valence-corrected chi connectivity index (χ3v) is 12.6. The minimum atomic E-state index is -3.85. The third kappa shape index (κ3) is 5.13. The van der Waals surface area contributed by atoms with Crippen LogP contribution in [0.3, 0.4) is 0 Å². The van der Waals surface area contributed by atoms with E-state index in [1.165, 1.54) is 11.1 Å². The number of nitrogens with zero attached hydrogens (tertiary/aromatic N) is 1. The second kappa shape index (κ2) is 10.9. The fourth-order valence-corrected chi connectivity index (χ4v) is 9.85. The number of amides is 1. The molecule has 42 heavy (non-hydrogen) atoms. The fraction of sp³-hybridized carbons (Fsp3) is 0.545. The van der Waals surface area contributed by atoms with Gasteiger partial charge in [0.1, 0.15) is 5.75 Å². The lowest BCUT2D eigenvalue weighted by Gasteiger charge is -2.45. The molecule has 0 saturated heterocycles. The zero-order chi connectivity index (χ0) is 29.1. The van der Waals surface area contributed by atoms with Crippen molar-refractivity contribution >= 4 is 33.2 Å². The Morgan fingerprint density at radius 2 is 1.93 bits per heavy atom. The molecule has 0 radical (unpaired) electrons. The molecule has 1 spiro atoms. The molecule has 0 unspecified atom stereocenters. The van der Waals surface area contributed by atoms with Gasteiger partial charge in [0.25, 0.3) is 5.91 Å². The van der Waals surface area contributed by atoms with Crippen LogP contribution in [0.4, 0.5) is 5.69 Å². The fourth-order valence-electron chi connectivity index (χ4n) is 8.13. The minimum Gasteiger partial charge on any atom is -0.490 e. The highest BCUT2D eigenvalue weighted by Gasteiger charge is 2.44. The van der Waals surface area contributed by atoms with Gasteiger partial charge in [0.2, 0.25) is 10.0 Å². The number of aliphatic hydroxyl groups excluding tert-OH is 1. The molecule has 3 aliphatic carbocycles. The number of sulfonamides is 1. The lowest BCUT2D eigenvalue weighted by atomic mass is 9.68. The average Bonchev–Trinajstić information content (AvgIpc) is 3.10. The summed E-state index contributed by atoms with van der Waals surface area (Å²) in [7, 11) is -3.85. The Bertz CT molecular complexity index is 1530. The van der Waals surface area contributed by atoms with E-state index in [0.717, 1.165) is 62.2 Å². The van der Waals surface area contributed by atoms with Crippen molar-refractivity contribution in [3.8, 4) is 5.75 Å². The van der Waals surface area contributed by atoms with Gasteiger partial charge in [-0.05, 0) is 111 Å². The van der Waals surface area contributed by atoms with Crippen molar-refractivity contribution in [2.75, 3.05) is 24.6 Å². The Kier molecular flexibility index (Phi) is 7.30. The van der Waals surface area contributed by atoms with Crippen LogP contribution in [0, 0.1) is 17.8 Å². The van der Waals surface area contributed by atoms with Crippen molar-refractivity contribution in [2.24, 2.45) is 17.8 Å². The van der Waals surface area contributed by atoms with Gasteiger partial charge >= 0.3 is 0 Å². The predicted molar refractivity (Wildman–Crippen MR) is 164 cm³/mol. The summed E-state index contributed by atoms with van der Waals surface area (Å²) < 4.78 is 35.6. The Hall–Kier alpha value is -2.55. The highest BCUT2D eigenvalue weighted by molar-refractivity contribution is 7.90. The molecule has 9 heteroatoms. The number of nitrogens with one attached hydrogen (secondary N) is 1. The standard InChI is InChI=1S/C33H39ClN2O5S/c34-25-9-11-28-22(16-25)4-2-14-33(28)19-36-18-24-7-10-27(24)30(37)12-6-21-3-1-5-26(15-21)42(39,40)35-32(38)23-8-13-31(41-20-33)29(36)17-23/h6,8-9,11-13,16-17,21,24,26-27,30,37H,1-5,7,10,14-15,18-20H2,(H,35,38)/b12-6+/t21-,24-,26-,27+,30-,33-/m0/s1. The molecule has 2 saturated carbocycles. The summed E-state index contributed by atoms with van der Waals surface area (Å²) in [5, 5.41) is 11.4. The average molecular weight is 611 g/mol. The van der Waals surface area contributed by atoms with E-state index in [0.29, 0.717) is 43.2 Å². The van der Waals surface area contributed by atoms with Gasteiger partial charge in [-0.1, -0.05) is 36.2 Å². The predicted octanol–water partition coefficient (Wildman–Crippen LogP) is 5.39. The topological polar surface area (TPSA) is 95.9 Å². The molecule has 224 valence electrons. The number of aliphatic hydroxyl groups is 1. The maximum atomic E-state index is 13.4. The first-order chi connectivity index (χ1) is 20.2. The third-order valence-electron chi connectivity index (χ3n) is 10.6. The van der Waals surface area contributed by atoms with Gasteiger partial charge in [-0.2, -0.15) is 0 Å². The van der Waals surface area contributed by atoms with Gasteiger partial charge in [-0.15, -0.1) is 0 Å². The van der Waals surface area contributed by atoms with Crippen LogP contribution < -0.4 is 14.4 Å². The Morgan fingerprint density at radius 3 is 2.76 bits per heavy atom. The normalized spacial score (nSPS) is 34.6. The van der Waals surface area contributed by atoms with Gasteiger partial charge in [0, 0.05) is 29.1 Å². The molecule has 7 rings (SSSR count). The molecule has 1 amide bonds. The van der Waals surface area contributed by atoms with E-state index in [2.05, 4.69) is 21.8 Å². The van der Waals surface area contributed by atoms with E-state index in [9.17, 15) is 18.3 Å². The number of carbonyl (C=O) groups is 1. The van der Waals surface area contributed by atoms with Gasteiger partial charge in [-0.25, -0.2) is 13.1 Å². The van der Waals surface area contributed by atoms with Gasteiger partial charge in [-0.3, -0.25) is 4.79 Å². The molecule has 2 heterocycles. The molecule has 2 aliphatic heterocycles. The van der Waals surface area contributed by atoms with Crippen LogP contribution in [0.2, 0.25) is 5.02 Å². The summed E-state index contributed by atoms with van der Waals surface area (Å²) in [4.78, 5) is 15.7. The molecule has 6 atom stereocenters. The second-order valence-electron chi connectivity index (χ2n) is 13.2. The summed E-state index contributed by atoms with van der Waals surface area (Å²) >= 11 is 6.39. The van der Waals surface area contributed by atoms with Crippen LogP contribution in [-0.4, -0.2) is 50.5 Å². The molecule has 5 aliphatic rings. The van der Waals surface area contributed by atoms with E-state index in [-0.39, 0.29) is 17.3 Å². The van der Waals surface area contributed by atoms with Crippen molar-refractivity contribution in [3.63, 3.8) is 0 Å². The summed E-state index contributed by atoms with van der Waals surface area (Å²) in [6.07, 6.45) is 11.0. The van der Waals surface area contributed by atoms with E-state index in [1.54, 1.807) is 12.1 Å². The number of ether oxygens (including phenoxy) is 1. The zero-order valence-electron chi connectivity index (χ0n) is 23.8. The van der Waals surface area contributed by atoms with Crippen LogP contribution in [0.25, 0.3) is 0 Å². The van der Waals surface area contributed by atoms with Crippen molar-refractivity contribution < 1.29 is 23.1 Å². The maximum Gasteiger partial charge on any atom is 0.264 e. The lowest BCUT2D eigenvalue weighted by Crippen LogP contribution is -2.49. The van der Waals surface area contributed by atoms with Crippen LogP contribution in [0.5, 0.6) is 5.75 Å². The summed E-state index contributed by atoms with van der Waals surface area (Å²) in [6, 6.07) is 11.5. The van der Waals surface area contributed by atoms with Crippen molar-refractivity contribution in [2.45, 2.75) is 74.6 Å². The number of rotatable bonds is 0. The van der Waals surface area contributed by atoms with E-state index in [4.69, 9.17) is 16.3 Å². The molecule has 2 aromatic rings. The number of aryl methyl sites for hydroxylation is 1. The molecule has 7 nitrogen and oxygen atoms in total. The first-order valence-electron chi connectivity index (χ1n) is 15.4.